The molecular weight excluding hydrogens is 852 g/mol. The van der Waals surface area contributed by atoms with Crippen LogP contribution in [-0.2, 0) is 32.7 Å². The van der Waals surface area contributed by atoms with E-state index in [-0.39, 0.29) is 12.8 Å². The van der Waals surface area contributed by atoms with E-state index in [1.807, 2.05) is 30.4 Å². The summed E-state index contributed by atoms with van der Waals surface area (Å²) in [4.78, 5) is 35.7. The van der Waals surface area contributed by atoms with Crippen molar-refractivity contribution < 1.29 is 63.1 Å². The summed E-state index contributed by atoms with van der Waals surface area (Å²) in [6.07, 6.45) is 43.8. The summed E-state index contributed by atoms with van der Waals surface area (Å²) in [5.74, 6) is -1.28. The van der Waals surface area contributed by atoms with Gasteiger partial charge in [0.05, 0.1) is 6.61 Å². The first-order chi connectivity index (χ1) is 31.4. The Labute approximate surface area is 387 Å². The van der Waals surface area contributed by atoms with E-state index in [9.17, 15) is 44.6 Å². The zero-order chi connectivity index (χ0) is 47.8. The van der Waals surface area contributed by atoms with Crippen LogP contribution in [0, 0.1) is 0 Å². The zero-order valence-electron chi connectivity index (χ0n) is 38.5. The van der Waals surface area contributed by atoms with Crippen LogP contribution in [0.1, 0.15) is 117 Å². The molecule has 1 aliphatic carbocycles. The minimum absolute atomic E-state index is 0.0499. The van der Waals surface area contributed by atoms with Crippen LogP contribution in [0.3, 0.4) is 0 Å². The van der Waals surface area contributed by atoms with Gasteiger partial charge in [-0.25, -0.2) is 4.57 Å². The Bertz CT molecular complexity index is 1640. The lowest BCUT2D eigenvalue weighted by molar-refractivity contribution is -0.220. The van der Waals surface area contributed by atoms with Gasteiger partial charge in [-0.1, -0.05) is 148 Å². The third kappa shape index (κ3) is 31.5. The molecule has 0 bridgehead atoms. The van der Waals surface area contributed by atoms with Gasteiger partial charge < -0.3 is 39.9 Å². The molecular formula is C51H77O13P. The summed E-state index contributed by atoms with van der Waals surface area (Å²) in [5, 5.41) is 50.2. The van der Waals surface area contributed by atoms with Gasteiger partial charge in [-0.15, -0.1) is 0 Å². The number of hydrogen-bond acceptors (Lipinski definition) is 12. The van der Waals surface area contributed by atoms with Gasteiger partial charge in [0.25, 0.3) is 0 Å². The summed E-state index contributed by atoms with van der Waals surface area (Å²) in [7, 11) is -5.16. The molecule has 0 heterocycles. The number of hydrogen-bond donors (Lipinski definition) is 6. The molecule has 0 aliphatic heterocycles. The molecule has 8 atom stereocenters. The van der Waals surface area contributed by atoms with E-state index in [1.54, 1.807) is 0 Å². The van der Waals surface area contributed by atoms with E-state index in [1.165, 1.54) is 0 Å². The highest BCUT2D eigenvalue weighted by Gasteiger charge is 2.51. The Balaban J connectivity index is 2.57. The quantitative estimate of drug-likeness (QED) is 0.0152. The molecule has 6 unspecified atom stereocenters. The number of unbranched alkanes of at least 4 members (excludes halogenated alkanes) is 1. The third-order valence-electron chi connectivity index (χ3n) is 9.50. The number of rotatable bonds is 35. The van der Waals surface area contributed by atoms with E-state index in [4.69, 9.17) is 18.5 Å². The van der Waals surface area contributed by atoms with Crippen LogP contribution >= 0.6 is 7.82 Å². The largest absolute Gasteiger partial charge is 0.472 e. The van der Waals surface area contributed by atoms with Gasteiger partial charge in [-0.2, -0.15) is 0 Å². The first kappa shape index (κ1) is 59.0. The molecule has 1 saturated carbocycles. The predicted octanol–water partition coefficient (Wildman–Crippen LogP) is 9.16. The average molecular weight is 929 g/mol. The van der Waals surface area contributed by atoms with E-state index in [0.717, 1.165) is 64.2 Å². The lowest BCUT2D eigenvalue weighted by atomic mass is 9.85. The predicted molar refractivity (Wildman–Crippen MR) is 257 cm³/mol. The Morgan fingerprint density at radius 3 is 1.23 bits per heavy atom. The summed E-state index contributed by atoms with van der Waals surface area (Å²) < 4.78 is 33.4. The number of carbonyl (C=O) groups excluding carboxylic acids is 2. The second-order valence-electron chi connectivity index (χ2n) is 15.1. The fraction of sp³-hybridized carbons (Fsp3) is 0.529. The smallest absolute Gasteiger partial charge is 0.462 e. The Hall–Kier alpha value is -4.01. The highest BCUT2D eigenvalue weighted by atomic mass is 31.2. The van der Waals surface area contributed by atoms with Crippen LogP contribution < -0.4 is 0 Å². The second kappa shape index (κ2) is 39.2. The lowest BCUT2D eigenvalue weighted by Gasteiger charge is -2.41. The molecule has 0 aromatic heterocycles. The summed E-state index contributed by atoms with van der Waals surface area (Å²) in [6.45, 7) is 2.93. The van der Waals surface area contributed by atoms with Crippen LogP contribution in [0.25, 0.3) is 0 Å². The van der Waals surface area contributed by atoms with Crippen molar-refractivity contribution in [2.75, 3.05) is 13.2 Å². The van der Waals surface area contributed by atoms with Crippen molar-refractivity contribution in [3.05, 3.63) is 134 Å². The third-order valence-corrected chi connectivity index (χ3v) is 10.5. The molecule has 0 radical (unpaired) electrons. The van der Waals surface area contributed by atoms with Gasteiger partial charge in [0.1, 0.15) is 43.2 Å². The minimum atomic E-state index is -5.16. The monoisotopic (exact) mass is 929 g/mol. The topological polar surface area (TPSA) is 210 Å². The molecule has 1 rings (SSSR count). The maximum Gasteiger partial charge on any atom is 0.472 e. The molecule has 6 N–H and O–H groups in total. The van der Waals surface area contributed by atoms with E-state index in [2.05, 4.69) is 117 Å². The average Bonchev–Trinajstić information content (AvgIpc) is 3.29. The maximum absolute atomic E-state index is 12.8. The molecule has 0 spiro atoms. The van der Waals surface area contributed by atoms with Crippen LogP contribution in [0.15, 0.2) is 134 Å². The van der Waals surface area contributed by atoms with Crippen molar-refractivity contribution in [3.63, 3.8) is 0 Å². The number of aliphatic hydroxyl groups is 5. The molecule has 0 saturated heterocycles. The normalized spacial score (nSPS) is 22.6. The Morgan fingerprint density at radius 1 is 0.477 bits per heavy atom. The van der Waals surface area contributed by atoms with Gasteiger partial charge in [0.15, 0.2) is 6.10 Å². The van der Waals surface area contributed by atoms with Crippen LogP contribution in [0.5, 0.6) is 0 Å². The minimum Gasteiger partial charge on any atom is -0.462 e. The van der Waals surface area contributed by atoms with Crippen molar-refractivity contribution in [2.45, 2.75) is 159 Å². The van der Waals surface area contributed by atoms with E-state index >= 15 is 0 Å². The first-order valence-corrected chi connectivity index (χ1v) is 24.5. The number of esters is 2. The Morgan fingerprint density at radius 2 is 0.831 bits per heavy atom. The number of allylic oxidation sites excluding steroid dienone is 22. The fourth-order valence-electron chi connectivity index (χ4n) is 5.88. The number of phosphoric acid groups is 1. The molecule has 13 nitrogen and oxygen atoms in total. The SMILES string of the molecule is CC/C=C\C/C=C\C/C=C\C/C=C\C/C=C\C/C=C\CCC(=O)O[C@H](COC(=O)CCC/C=C\C/C=C\C/C=C\C/C=C\C/C=C\CC)COP(=O)(O)OC1C(O)C(O)C(O)[C@@H](O)C1O. The van der Waals surface area contributed by atoms with Gasteiger partial charge in [0, 0.05) is 12.8 Å². The van der Waals surface area contributed by atoms with Crippen molar-refractivity contribution >= 4 is 19.8 Å². The van der Waals surface area contributed by atoms with Gasteiger partial charge in [-0.05, 0) is 89.9 Å². The van der Waals surface area contributed by atoms with Crippen molar-refractivity contribution in [3.8, 4) is 0 Å². The van der Waals surface area contributed by atoms with E-state index in [0.29, 0.717) is 25.7 Å². The molecule has 65 heavy (non-hydrogen) atoms. The number of phosphoric ester groups is 1. The lowest BCUT2D eigenvalue weighted by Crippen LogP contribution is -2.64. The van der Waals surface area contributed by atoms with Gasteiger partial charge in [-0.3, -0.25) is 18.6 Å². The summed E-state index contributed by atoms with van der Waals surface area (Å²) >= 11 is 0. The molecule has 364 valence electrons. The standard InChI is InChI=1S/C51H77O13P/c1-3-5-7-9-11-13-15-17-19-21-22-24-26-28-30-32-34-36-38-40-45(53)63-43(42-62-65(59,60)64-51-49(57)47(55)46(54)48(56)50(51)58)41-61-44(52)39-37-35-33-31-29-27-25-23-20-18-16-14-12-10-8-6-4-2/h5-8,11-14,17-20,22,24-25,27-28,30-31,33-34,36,43,46-51,54-58H,3-4,9-10,15-16,21,23,26,29,32,35,37-42H2,1-2H3,(H,59,60)/b7-5-,8-6-,13-11-,14-12-,19-17-,20-18-,24-22-,27-25-,30-28-,33-31-,36-34-/t43-,46?,47-,48?,49?,50?,51?/m1/s1. The summed E-state index contributed by atoms with van der Waals surface area (Å²) in [6, 6.07) is 0. The Kier molecular flexibility index (Phi) is 35.6. The van der Waals surface area contributed by atoms with Crippen LogP contribution in [-0.4, -0.2) is 98.3 Å². The zero-order valence-corrected chi connectivity index (χ0v) is 39.4. The van der Waals surface area contributed by atoms with Crippen LogP contribution in [0.2, 0.25) is 0 Å². The molecule has 14 heteroatoms. The fourth-order valence-corrected chi connectivity index (χ4v) is 6.85. The molecule has 1 aliphatic rings. The number of aliphatic hydroxyl groups excluding tert-OH is 5. The van der Waals surface area contributed by atoms with Crippen LogP contribution in [0.4, 0.5) is 0 Å². The van der Waals surface area contributed by atoms with Crippen molar-refractivity contribution in [1.29, 1.82) is 0 Å². The summed E-state index contributed by atoms with van der Waals surface area (Å²) in [5.41, 5.74) is 0. The molecule has 0 aromatic rings. The van der Waals surface area contributed by atoms with E-state index < -0.39 is 75.7 Å². The maximum atomic E-state index is 12.8. The first-order valence-electron chi connectivity index (χ1n) is 23.0. The second-order valence-corrected chi connectivity index (χ2v) is 16.5. The highest BCUT2D eigenvalue weighted by molar-refractivity contribution is 7.47. The highest BCUT2D eigenvalue weighted by Crippen LogP contribution is 2.47. The van der Waals surface area contributed by atoms with Gasteiger partial charge in [0.2, 0.25) is 0 Å². The number of carbonyl (C=O) groups is 2. The van der Waals surface area contributed by atoms with Crippen molar-refractivity contribution in [1.82, 2.24) is 0 Å². The van der Waals surface area contributed by atoms with Gasteiger partial charge >= 0.3 is 19.8 Å². The molecule has 1 fully saturated rings. The molecule has 0 aromatic carbocycles. The number of ether oxygens (including phenoxy) is 2. The molecule has 0 amide bonds. The van der Waals surface area contributed by atoms with Crippen molar-refractivity contribution in [2.24, 2.45) is 0 Å².